The van der Waals surface area contributed by atoms with E-state index in [9.17, 15) is 9.18 Å². The summed E-state index contributed by atoms with van der Waals surface area (Å²) < 4.78 is 12.8. The number of halogens is 1. The molecule has 1 aliphatic carbocycles. The van der Waals surface area contributed by atoms with Crippen LogP contribution in [0.4, 0.5) is 4.39 Å². The summed E-state index contributed by atoms with van der Waals surface area (Å²) in [6.45, 7) is 0.964. The molecule has 2 rings (SSSR count). The molecule has 86 valence electrons. The second-order valence-corrected chi connectivity index (χ2v) is 4.32. The fourth-order valence-corrected chi connectivity index (χ4v) is 1.71. The minimum Gasteiger partial charge on any atom is -0.481 e. The van der Waals surface area contributed by atoms with Crippen molar-refractivity contribution < 1.29 is 14.3 Å². The number of aliphatic carboxylic acids is 1. The van der Waals surface area contributed by atoms with E-state index in [1.165, 1.54) is 12.1 Å². The van der Waals surface area contributed by atoms with Crippen LogP contribution in [0.1, 0.15) is 18.4 Å². The number of carboxylic acid groups (broad SMARTS) is 1. The van der Waals surface area contributed by atoms with Gasteiger partial charge in [0.1, 0.15) is 5.82 Å². The Balaban J connectivity index is 1.83. The van der Waals surface area contributed by atoms with E-state index in [0.29, 0.717) is 13.1 Å². The van der Waals surface area contributed by atoms with Crippen molar-refractivity contribution >= 4 is 5.97 Å². The van der Waals surface area contributed by atoms with Crippen LogP contribution in [-0.4, -0.2) is 17.6 Å². The molecule has 0 aromatic heterocycles. The van der Waals surface area contributed by atoms with Gasteiger partial charge in [0.25, 0.3) is 0 Å². The molecule has 0 amide bonds. The minimum absolute atomic E-state index is 0.265. The molecule has 0 spiro atoms. The van der Waals surface area contributed by atoms with Gasteiger partial charge in [-0.3, -0.25) is 4.79 Å². The van der Waals surface area contributed by atoms with Gasteiger partial charge < -0.3 is 10.4 Å². The van der Waals surface area contributed by atoms with E-state index in [4.69, 9.17) is 5.11 Å². The van der Waals surface area contributed by atoms with E-state index in [0.717, 1.165) is 18.4 Å². The molecule has 1 saturated carbocycles. The van der Waals surface area contributed by atoms with Gasteiger partial charge >= 0.3 is 5.97 Å². The van der Waals surface area contributed by atoms with Gasteiger partial charge in [0.2, 0.25) is 0 Å². The molecule has 1 aromatic carbocycles. The normalized spacial score (nSPS) is 17.1. The summed E-state index contributed by atoms with van der Waals surface area (Å²) in [6.07, 6.45) is 1.47. The summed E-state index contributed by atoms with van der Waals surface area (Å²) in [5.74, 6) is -1.00. The topological polar surface area (TPSA) is 49.3 Å². The zero-order valence-corrected chi connectivity index (χ0v) is 8.87. The Morgan fingerprint density at radius 1 is 1.50 bits per heavy atom. The summed E-state index contributed by atoms with van der Waals surface area (Å²) in [5, 5.41) is 12.0. The van der Waals surface area contributed by atoms with E-state index in [1.807, 2.05) is 6.07 Å². The smallest absolute Gasteiger partial charge is 0.310 e. The van der Waals surface area contributed by atoms with Crippen LogP contribution in [0, 0.1) is 11.2 Å². The van der Waals surface area contributed by atoms with Gasteiger partial charge in [-0.2, -0.15) is 0 Å². The molecule has 0 aliphatic heterocycles. The van der Waals surface area contributed by atoms with Crippen LogP contribution in [0.25, 0.3) is 0 Å². The Kier molecular flexibility index (Phi) is 2.92. The van der Waals surface area contributed by atoms with Crippen molar-refractivity contribution in [3.8, 4) is 0 Å². The standard InChI is InChI=1S/C12H14FNO2/c13-10-3-1-2-9(6-10)7-14-8-12(4-5-12)11(15)16/h1-3,6,14H,4-5,7-8H2,(H,15,16). The monoisotopic (exact) mass is 223 g/mol. The number of nitrogens with one attached hydrogen (secondary N) is 1. The maximum atomic E-state index is 12.8. The van der Waals surface area contributed by atoms with Crippen molar-refractivity contribution in [2.24, 2.45) is 5.41 Å². The lowest BCUT2D eigenvalue weighted by Gasteiger charge is -2.10. The molecule has 1 aliphatic rings. The third-order valence-electron chi connectivity index (χ3n) is 2.99. The largest absolute Gasteiger partial charge is 0.481 e. The molecule has 0 radical (unpaired) electrons. The third-order valence-corrected chi connectivity index (χ3v) is 2.99. The number of hydrogen-bond donors (Lipinski definition) is 2. The highest BCUT2D eigenvalue weighted by Gasteiger charge is 2.49. The first kappa shape index (κ1) is 11.1. The molecule has 3 nitrogen and oxygen atoms in total. The molecule has 0 heterocycles. The molecule has 1 aromatic rings. The van der Waals surface area contributed by atoms with Crippen LogP contribution in [0.3, 0.4) is 0 Å². The fraction of sp³-hybridized carbons (Fsp3) is 0.417. The summed E-state index contributed by atoms with van der Waals surface area (Å²) in [7, 11) is 0. The van der Waals surface area contributed by atoms with Crippen LogP contribution in [-0.2, 0) is 11.3 Å². The highest BCUT2D eigenvalue weighted by Crippen LogP contribution is 2.45. The average molecular weight is 223 g/mol. The number of carbonyl (C=O) groups is 1. The summed E-state index contributed by atoms with van der Waals surface area (Å²) in [6, 6.07) is 6.31. The average Bonchev–Trinajstić information content (AvgIpc) is 2.99. The highest BCUT2D eigenvalue weighted by molar-refractivity contribution is 5.78. The minimum atomic E-state index is -0.737. The van der Waals surface area contributed by atoms with Crippen molar-refractivity contribution in [1.29, 1.82) is 0 Å². The summed E-state index contributed by atoms with van der Waals surface area (Å²) in [5.41, 5.74) is 0.272. The van der Waals surface area contributed by atoms with Crippen LogP contribution in [0.15, 0.2) is 24.3 Å². The maximum absolute atomic E-state index is 12.8. The molecule has 0 saturated heterocycles. The quantitative estimate of drug-likeness (QED) is 0.800. The van der Waals surface area contributed by atoms with Crippen LogP contribution in [0.5, 0.6) is 0 Å². The number of rotatable bonds is 5. The second kappa shape index (κ2) is 4.22. The van der Waals surface area contributed by atoms with E-state index < -0.39 is 11.4 Å². The van der Waals surface area contributed by atoms with Gasteiger partial charge in [-0.15, -0.1) is 0 Å². The highest BCUT2D eigenvalue weighted by atomic mass is 19.1. The van der Waals surface area contributed by atoms with Gasteiger partial charge in [0.15, 0.2) is 0 Å². The fourth-order valence-electron chi connectivity index (χ4n) is 1.71. The molecule has 4 heteroatoms. The number of benzene rings is 1. The lowest BCUT2D eigenvalue weighted by atomic mass is 10.1. The molecule has 0 bridgehead atoms. The van der Waals surface area contributed by atoms with Crippen molar-refractivity contribution in [2.45, 2.75) is 19.4 Å². The predicted molar refractivity (Wildman–Crippen MR) is 57.4 cm³/mol. The maximum Gasteiger partial charge on any atom is 0.310 e. The Morgan fingerprint density at radius 2 is 2.25 bits per heavy atom. The first-order valence-electron chi connectivity index (χ1n) is 5.31. The third kappa shape index (κ3) is 2.39. The molecule has 0 atom stereocenters. The molecule has 16 heavy (non-hydrogen) atoms. The Bertz CT molecular complexity index is 402. The van der Waals surface area contributed by atoms with Gasteiger partial charge in [-0.1, -0.05) is 12.1 Å². The van der Waals surface area contributed by atoms with Gasteiger partial charge in [-0.05, 0) is 30.5 Å². The summed E-state index contributed by atoms with van der Waals surface area (Å²) in [4.78, 5) is 10.9. The zero-order valence-electron chi connectivity index (χ0n) is 8.87. The van der Waals surface area contributed by atoms with Crippen LogP contribution in [0.2, 0.25) is 0 Å². The molecule has 0 unspecified atom stereocenters. The first-order chi connectivity index (χ1) is 7.62. The predicted octanol–water partition coefficient (Wildman–Crippen LogP) is 1.78. The number of hydrogen-bond acceptors (Lipinski definition) is 2. The van der Waals surface area contributed by atoms with Crippen molar-refractivity contribution in [3.05, 3.63) is 35.6 Å². The SMILES string of the molecule is O=C(O)C1(CNCc2cccc(F)c2)CC1. The van der Waals surface area contributed by atoms with Crippen molar-refractivity contribution in [3.63, 3.8) is 0 Å². The molecule has 1 fully saturated rings. The lowest BCUT2D eigenvalue weighted by Crippen LogP contribution is -2.29. The van der Waals surface area contributed by atoms with Gasteiger partial charge in [0.05, 0.1) is 5.41 Å². The van der Waals surface area contributed by atoms with E-state index in [2.05, 4.69) is 5.32 Å². The van der Waals surface area contributed by atoms with E-state index in [-0.39, 0.29) is 5.82 Å². The Labute approximate surface area is 93.3 Å². The zero-order chi connectivity index (χ0) is 11.6. The first-order valence-corrected chi connectivity index (χ1v) is 5.31. The molecule has 2 N–H and O–H groups in total. The Hall–Kier alpha value is -1.42. The van der Waals surface area contributed by atoms with Gasteiger partial charge in [-0.25, -0.2) is 4.39 Å². The molecular formula is C12H14FNO2. The second-order valence-electron chi connectivity index (χ2n) is 4.32. The van der Waals surface area contributed by atoms with Crippen molar-refractivity contribution in [2.75, 3.05) is 6.54 Å². The van der Waals surface area contributed by atoms with E-state index >= 15 is 0 Å². The Morgan fingerprint density at radius 3 is 2.81 bits per heavy atom. The van der Waals surface area contributed by atoms with Gasteiger partial charge in [0, 0.05) is 13.1 Å². The van der Waals surface area contributed by atoms with Crippen molar-refractivity contribution in [1.82, 2.24) is 5.32 Å². The number of carboxylic acids is 1. The lowest BCUT2D eigenvalue weighted by molar-refractivity contribution is -0.143. The van der Waals surface area contributed by atoms with E-state index in [1.54, 1.807) is 6.07 Å². The van der Waals surface area contributed by atoms with Crippen LogP contribution >= 0.6 is 0 Å². The summed E-state index contributed by atoms with van der Waals surface area (Å²) >= 11 is 0. The molecular weight excluding hydrogens is 209 g/mol. The van der Waals surface area contributed by atoms with Crippen LogP contribution < -0.4 is 5.32 Å².